The number of benzene rings is 1. The smallest absolute Gasteiger partial charge is 0.341 e. The van der Waals surface area contributed by atoms with E-state index in [1.165, 1.54) is 0 Å². The van der Waals surface area contributed by atoms with Crippen LogP contribution in [0.4, 0.5) is 13.2 Å². The second kappa shape index (κ2) is 6.21. The lowest BCUT2D eigenvalue weighted by molar-refractivity contribution is -0.160. The van der Waals surface area contributed by atoms with Gasteiger partial charge >= 0.3 is 6.18 Å². The second-order valence-corrected chi connectivity index (χ2v) is 7.40. The molecular formula is C19H20F3N3O. The van der Waals surface area contributed by atoms with Crippen molar-refractivity contribution >= 4 is 5.91 Å². The molecule has 0 unspecified atom stereocenters. The first-order valence-corrected chi connectivity index (χ1v) is 8.88. The summed E-state index contributed by atoms with van der Waals surface area (Å²) in [6.07, 6.45) is -0.972. The molecule has 0 N–H and O–H groups in total. The normalized spacial score (nSPS) is 21.5. The zero-order valence-corrected chi connectivity index (χ0v) is 14.3. The van der Waals surface area contributed by atoms with Gasteiger partial charge < -0.3 is 4.90 Å². The van der Waals surface area contributed by atoms with Gasteiger partial charge in [-0.2, -0.15) is 23.4 Å². The lowest BCUT2D eigenvalue weighted by Gasteiger charge is -2.40. The van der Waals surface area contributed by atoms with Gasteiger partial charge in [-0.3, -0.25) is 4.79 Å². The van der Waals surface area contributed by atoms with Crippen LogP contribution in [0, 0.1) is 0 Å². The van der Waals surface area contributed by atoms with Gasteiger partial charge in [-0.25, -0.2) is 0 Å². The Labute approximate surface area is 149 Å². The molecule has 7 heteroatoms. The van der Waals surface area contributed by atoms with Crippen molar-refractivity contribution in [3.8, 4) is 0 Å². The summed E-state index contributed by atoms with van der Waals surface area (Å²) in [6, 6.07) is 6.81. The number of carbonyl (C=O) groups is 1. The fraction of sp³-hybridized carbons (Fsp3) is 0.526. The predicted octanol–water partition coefficient (Wildman–Crippen LogP) is 4.34. The summed E-state index contributed by atoms with van der Waals surface area (Å²) in [5, 5.41) is 7.64. The minimum atomic E-state index is -4.18. The summed E-state index contributed by atoms with van der Waals surface area (Å²) in [7, 11) is 0. The molecule has 1 saturated heterocycles. The van der Waals surface area contributed by atoms with E-state index >= 15 is 0 Å². The largest absolute Gasteiger partial charge is 0.398 e. The number of hydrogen-bond donors (Lipinski definition) is 0. The molecule has 0 bridgehead atoms. The molecule has 4 nitrogen and oxygen atoms in total. The van der Waals surface area contributed by atoms with E-state index in [0.29, 0.717) is 38.0 Å². The van der Waals surface area contributed by atoms with Crippen LogP contribution >= 0.6 is 0 Å². The third-order valence-corrected chi connectivity index (χ3v) is 5.72. The van der Waals surface area contributed by atoms with Crippen molar-refractivity contribution in [2.75, 3.05) is 19.6 Å². The maximum atomic E-state index is 13.2. The lowest BCUT2D eigenvalue weighted by atomic mass is 9.88. The fourth-order valence-electron chi connectivity index (χ4n) is 3.69. The van der Waals surface area contributed by atoms with E-state index in [1.54, 1.807) is 35.4 Å². The molecule has 4 rings (SSSR count). The number of likely N-dealkylation sites (tertiary alicyclic amines) is 1. The molecule has 138 valence electrons. The van der Waals surface area contributed by atoms with Gasteiger partial charge in [0.2, 0.25) is 5.91 Å². The van der Waals surface area contributed by atoms with Gasteiger partial charge in [-0.05, 0) is 36.0 Å². The summed E-state index contributed by atoms with van der Waals surface area (Å²) >= 11 is 0. The van der Waals surface area contributed by atoms with Crippen molar-refractivity contribution in [3.05, 3.63) is 47.2 Å². The Hall–Kier alpha value is -2.18. The maximum Gasteiger partial charge on any atom is 0.398 e. The number of azo groups is 1. The van der Waals surface area contributed by atoms with Crippen molar-refractivity contribution in [2.24, 2.45) is 10.2 Å². The van der Waals surface area contributed by atoms with Crippen molar-refractivity contribution in [1.82, 2.24) is 4.90 Å². The van der Waals surface area contributed by atoms with Gasteiger partial charge in [0.25, 0.3) is 0 Å². The van der Waals surface area contributed by atoms with E-state index in [4.69, 9.17) is 0 Å². The molecule has 3 aliphatic rings. The molecule has 0 aromatic heterocycles. The van der Waals surface area contributed by atoms with Crippen LogP contribution < -0.4 is 0 Å². The first-order valence-electron chi connectivity index (χ1n) is 8.88. The number of rotatable bonds is 5. The highest BCUT2D eigenvalue weighted by Gasteiger charge is 2.64. The van der Waals surface area contributed by atoms with Gasteiger partial charge in [-0.1, -0.05) is 24.3 Å². The Kier molecular flexibility index (Phi) is 4.12. The molecule has 1 aromatic carbocycles. The third-order valence-electron chi connectivity index (χ3n) is 5.72. The monoisotopic (exact) mass is 363 g/mol. The quantitative estimate of drug-likeness (QED) is 0.768. The molecule has 1 aliphatic carbocycles. The van der Waals surface area contributed by atoms with Crippen molar-refractivity contribution < 1.29 is 18.0 Å². The average molecular weight is 363 g/mol. The second-order valence-electron chi connectivity index (χ2n) is 7.40. The van der Waals surface area contributed by atoms with E-state index < -0.39 is 11.6 Å². The van der Waals surface area contributed by atoms with Gasteiger partial charge in [-0.15, -0.1) is 0 Å². The van der Waals surface area contributed by atoms with Crippen molar-refractivity contribution in [2.45, 2.75) is 43.2 Å². The number of halogens is 3. The van der Waals surface area contributed by atoms with Crippen LogP contribution in [0.3, 0.4) is 0 Å². The molecule has 2 heterocycles. The maximum absolute atomic E-state index is 13.2. The number of carbonyl (C=O) groups excluding carboxylic acids is 1. The summed E-state index contributed by atoms with van der Waals surface area (Å²) < 4.78 is 39.5. The zero-order valence-electron chi connectivity index (χ0n) is 14.3. The van der Waals surface area contributed by atoms with Crippen LogP contribution in [0.2, 0.25) is 0 Å². The standard InChI is InChI=1S/C19H20F3N3O/c20-19(21,22)18(7-8-18)16-4-2-14(3-5-16)15-11-25(12-15)17(26)6-1-13-9-23-24-10-13/h2-5,9,15H,1,6-8,10-12H2. The molecule has 1 aromatic rings. The molecule has 1 saturated carbocycles. The van der Waals surface area contributed by atoms with Gasteiger partial charge in [0.15, 0.2) is 0 Å². The van der Waals surface area contributed by atoms with E-state index in [-0.39, 0.29) is 24.7 Å². The number of hydrogen-bond acceptors (Lipinski definition) is 3. The first kappa shape index (κ1) is 17.2. The number of alkyl halides is 3. The third kappa shape index (κ3) is 3.04. The minimum Gasteiger partial charge on any atom is -0.341 e. The van der Waals surface area contributed by atoms with Crippen LogP contribution in [-0.4, -0.2) is 36.6 Å². The highest BCUT2D eigenvalue weighted by molar-refractivity contribution is 5.77. The van der Waals surface area contributed by atoms with E-state index in [2.05, 4.69) is 10.2 Å². The van der Waals surface area contributed by atoms with Crippen LogP contribution in [0.25, 0.3) is 0 Å². The van der Waals surface area contributed by atoms with E-state index in [9.17, 15) is 18.0 Å². The first-order chi connectivity index (χ1) is 12.4. The Balaban J connectivity index is 1.30. The highest BCUT2D eigenvalue weighted by atomic mass is 19.4. The Morgan fingerprint density at radius 3 is 2.42 bits per heavy atom. The summed E-state index contributed by atoms with van der Waals surface area (Å²) in [6.45, 7) is 1.86. The van der Waals surface area contributed by atoms with Crippen molar-refractivity contribution in [3.63, 3.8) is 0 Å². The van der Waals surface area contributed by atoms with Crippen molar-refractivity contribution in [1.29, 1.82) is 0 Å². The Morgan fingerprint density at radius 2 is 1.88 bits per heavy atom. The van der Waals surface area contributed by atoms with E-state index in [0.717, 1.165) is 11.1 Å². The minimum absolute atomic E-state index is 0.111. The summed E-state index contributed by atoms with van der Waals surface area (Å²) in [4.78, 5) is 14.0. The van der Waals surface area contributed by atoms with Crippen LogP contribution in [0.5, 0.6) is 0 Å². The number of nitrogens with zero attached hydrogens (tertiary/aromatic N) is 3. The molecule has 0 radical (unpaired) electrons. The van der Waals surface area contributed by atoms with Gasteiger partial charge in [0, 0.05) is 25.4 Å². The summed E-state index contributed by atoms with van der Waals surface area (Å²) in [5.74, 6) is 0.324. The molecular weight excluding hydrogens is 343 g/mol. The Bertz CT molecular complexity index is 757. The topological polar surface area (TPSA) is 45.0 Å². The molecule has 0 atom stereocenters. The lowest BCUT2D eigenvalue weighted by Crippen LogP contribution is -2.48. The molecule has 26 heavy (non-hydrogen) atoms. The number of amides is 1. The highest BCUT2D eigenvalue weighted by Crippen LogP contribution is 2.58. The predicted molar refractivity (Wildman–Crippen MR) is 89.8 cm³/mol. The SMILES string of the molecule is O=C(CCC1=CN=NC1)N1CC(c2ccc(C3(C(F)(F)F)CC3)cc2)C1. The van der Waals surface area contributed by atoms with Crippen LogP contribution in [0.15, 0.2) is 46.3 Å². The fourth-order valence-corrected chi connectivity index (χ4v) is 3.69. The molecule has 0 spiro atoms. The van der Waals surface area contributed by atoms with Crippen LogP contribution in [-0.2, 0) is 10.2 Å². The van der Waals surface area contributed by atoms with Gasteiger partial charge in [0.05, 0.1) is 18.2 Å². The van der Waals surface area contributed by atoms with E-state index in [1.807, 2.05) is 0 Å². The average Bonchev–Trinajstić information content (AvgIpc) is 3.23. The summed E-state index contributed by atoms with van der Waals surface area (Å²) in [5.41, 5.74) is 0.818. The molecule has 2 fully saturated rings. The van der Waals surface area contributed by atoms with Crippen LogP contribution in [0.1, 0.15) is 42.7 Å². The van der Waals surface area contributed by atoms with Gasteiger partial charge in [0.1, 0.15) is 0 Å². The zero-order chi connectivity index (χ0) is 18.4. The molecule has 2 aliphatic heterocycles. The molecule has 1 amide bonds. The Morgan fingerprint density at radius 1 is 1.19 bits per heavy atom.